The van der Waals surface area contributed by atoms with E-state index < -0.39 is 10.0 Å². The number of aromatic nitrogens is 1. The summed E-state index contributed by atoms with van der Waals surface area (Å²) in [4.78, 5) is 4.40. The third-order valence-corrected chi connectivity index (χ3v) is 5.44. The molecule has 0 radical (unpaired) electrons. The molecule has 0 spiro atoms. The van der Waals surface area contributed by atoms with Gasteiger partial charge >= 0.3 is 0 Å². The molecule has 1 aromatic carbocycles. The first-order valence-corrected chi connectivity index (χ1v) is 9.33. The number of thiazole rings is 1. The summed E-state index contributed by atoms with van der Waals surface area (Å²) in [5.74, 6) is 0.188. The molecule has 2 aromatic rings. The Morgan fingerprint density at radius 3 is 2.82 bits per heavy atom. The van der Waals surface area contributed by atoms with E-state index in [2.05, 4.69) is 23.6 Å². The summed E-state index contributed by atoms with van der Waals surface area (Å²) in [5.41, 5.74) is 1.77. The van der Waals surface area contributed by atoms with Crippen molar-refractivity contribution in [1.29, 1.82) is 5.26 Å². The fourth-order valence-electron chi connectivity index (χ4n) is 1.85. The lowest BCUT2D eigenvalue weighted by molar-refractivity contribution is 0.579. The summed E-state index contributed by atoms with van der Waals surface area (Å²) in [6.07, 6.45) is 0. The first kappa shape index (κ1) is 16.6. The quantitative estimate of drug-likeness (QED) is 0.880. The molecule has 0 aliphatic heterocycles. The van der Waals surface area contributed by atoms with Crippen LogP contribution in [0.2, 0.25) is 0 Å². The predicted molar refractivity (Wildman–Crippen MR) is 86.8 cm³/mol. The minimum atomic E-state index is -3.46. The van der Waals surface area contributed by atoms with E-state index in [1.807, 2.05) is 11.4 Å². The molecule has 116 valence electrons. The Balaban J connectivity index is 2.00. The van der Waals surface area contributed by atoms with Crippen LogP contribution in [0.3, 0.4) is 0 Å². The maximum Gasteiger partial charge on any atom is 0.216 e. The van der Waals surface area contributed by atoms with Crippen molar-refractivity contribution in [3.05, 3.63) is 51.5 Å². The number of nitrogens with zero attached hydrogens (tertiary/aromatic N) is 2. The Kier molecular flexibility index (Phi) is 5.29. The van der Waals surface area contributed by atoms with E-state index >= 15 is 0 Å². The maximum absolute atomic E-state index is 12.1. The lowest BCUT2D eigenvalue weighted by Gasteiger charge is -2.06. The van der Waals surface area contributed by atoms with E-state index in [1.54, 1.807) is 24.3 Å². The molecule has 1 N–H and O–H groups in total. The third kappa shape index (κ3) is 4.63. The van der Waals surface area contributed by atoms with Gasteiger partial charge in [0.1, 0.15) is 0 Å². The first-order valence-electron chi connectivity index (χ1n) is 6.80. The third-order valence-electron chi connectivity index (χ3n) is 2.95. The van der Waals surface area contributed by atoms with Crippen molar-refractivity contribution in [2.24, 2.45) is 0 Å². The van der Waals surface area contributed by atoms with Crippen LogP contribution in [0.4, 0.5) is 0 Å². The van der Waals surface area contributed by atoms with Crippen molar-refractivity contribution in [3.8, 4) is 6.07 Å². The first-order chi connectivity index (χ1) is 10.4. The SMILES string of the molecule is CC(C)c1nc(CNS(=O)(=O)Cc2cccc(C#N)c2)cs1. The molecule has 1 aromatic heterocycles. The lowest BCUT2D eigenvalue weighted by Crippen LogP contribution is -2.24. The Hall–Kier alpha value is -1.75. The highest BCUT2D eigenvalue weighted by Crippen LogP contribution is 2.19. The zero-order chi connectivity index (χ0) is 16.2. The van der Waals surface area contributed by atoms with E-state index in [4.69, 9.17) is 5.26 Å². The molecule has 5 nitrogen and oxygen atoms in total. The zero-order valence-corrected chi connectivity index (χ0v) is 14.0. The van der Waals surface area contributed by atoms with Crippen LogP contribution in [0.1, 0.15) is 41.6 Å². The van der Waals surface area contributed by atoms with Gasteiger partial charge in [-0.05, 0) is 17.7 Å². The standard InChI is InChI=1S/C15H17N3O2S2/c1-11(2)15-18-14(9-21-15)8-17-22(19,20)10-13-5-3-4-12(6-13)7-16/h3-6,9,11,17H,8,10H2,1-2H3. The van der Waals surface area contributed by atoms with Gasteiger partial charge in [0.2, 0.25) is 10.0 Å². The summed E-state index contributed by atoms with van der Waals surface area (Å²) in [6.45, 7) is 4.29. The highest BCUT2D eigenvalue weighted by atomic mass is 32.2. The number of rotatable bonds is 6. The Bertz CT molecular complexity index is 789. The summed E-state index contributed by atoms with van der Waals surface area (Å²) < 4.78 is 26.7. The molecule has 1 heterocycles. The minimum absolute atomic E-state index is 0.149. The second-order valence-electron chi connectivity index (χ2n) is 5.22. The number of nitriles is 1. The molecule has 0 aliphatic rings. The average molecular weight is 335 g/mol. The van der Waals surface area contributed by atoms with E-state index in [9.17, 15) is 8.42 Å². The summed E-state index contributed by atoms with van der Waals surface area (Å²) in [5, 5.41) is 11.7. The van der Waals surface area contributed by atoms with E-state index in [0.717, 1.165) is 10.7 Å². The van der Waals surface area contributed by atoms with Crippen LogP contribution in [0.25, 0.3) is 0 Å². The topological polar surface area (TPSA) is 82.8 Å². The van der Waals surface area contributed by atoms with Crippen molar-refractivity contribution in [2.75, 3.05) is 0 Å². The lowest BCUT2D eigenvalue weighted by atomic mass is 10.2. The van der Waals surface area contributed by atoms with Gasteiger partial charge in [0.25, 0.3) is 0 Å². The molecule has 2 rings (SSSR count). The van der Waals surface area contributed by atoms with Gasteiger partial charge < -0.3 is 0 Å². The van der Waals surface area contributed by atoms with E-state index in [-0.39, 0.29) is 12.3 Å². The van der Waals surface area contributed by atoms with Gasteiger partial charge in [0.05, 0.1) is 34.6 Å². The number of nitrogens with one attached hydrogen (secondary N) is 1. The van der Waals surface area contributed by atoms with Crippen LogP contribution in [0, 0.1) is 11.3 Å². The van der Waals surface area contributed by atoms with Crippen molar-refractivity contribution >= 4 is 21.4 Å². The smallest absolute Gasteiger partial charge is 0.216 e. The minimum Gasteiger partial charge on any atom is -0.245 e. The highest BCUT2D eigenvalue weighted by molar-refractivity contribution is 7.88. The van der Waals surface area contributed by atoms with Crippen molar-refractivity contribution < 1.29 is 8.42 Å². The molecule has 0 atom stereocenters. The molecular weight excluding hydrogens is 318 g/mol. The van der Waals surface area contributed by atoms with Crippen molar-refractivity contribution in [1.82, 2.24) is 9.71 Å². The van der Waals surface area contributed by atoms with Crippen molar-refractivity contribution in [3.63, 3.8) is 0 Å². The fourth-order valence-corrected chi connectivity index (χ4v) is 3.78. The van der Waals surface area contributed by atoms with Crippen molar-refractivity contribution in [2.45, 2.75) is 32.1 Å². The second-order valence-corrected chi connectivity index (χ2v) is 7.92. The van der Waals surface area contributed by atoms with E-state index in [0.29, 0.717) is 17.0 Å². The Morgan fingerprint density at radius 2 is 2.18 bits per heavy atom. The summed E-state index contributed by atoms with van der Waals surface area (Å²) in [7, 11) is -3.46. The van der Waals surface area contributed by atoms with Crippen LogP contribution in [0.5, 0.6) is 0 Å². The summed E-state index contributed by atoms with van der Waals surface area (Å²) >= 11 is 1.54. The van der Waals surface area contributed by atoms with Crippen LogP contribution in [0.15, 0.2) is 29.6 Å². The van der Waals surface area contributed by atoms with Gasteiger partial charge in [-0.3, -0.25) is 0 Å². The van der Waals surface area contributed by atoms with Crippen LogP contribution >= 0.6 is 11.3 Å². The molecular formula is C15H17N3O2S2. The Morgan fingerprint density at radius 1 is 1.41 bits per heavy atom. The second kappa shape index (κ2) is 7.01. The number of benzene rings is 1. The zero-order valence-electron chi connectivity index (χ0n) is 12.4. The molecule has 0 saturated heterocycles. The molecule has 7 heteroatoms. The normalized spacial score (nSPS) is 11.5. The molecule has 0 amide bonds. The van der Waals surface area contributed by atoms with Gasteiger partial charge in [-0.25, -0.2) is 18.1 Å². The van der Waals surface area contributed by atoms with Gasteiger partial charge in [-0.1, -0.05) is 26.0 Å². The molecule has 0 bridgehead atoms. The van der Waals surface area contributed by atoms with Crippen LogP contribution < -0.4 is 4.72 Å². The molecule has 22 heavy (non-hydrogen) atoms. The molecule has 0 saturated carbocycles. The number of sulfonamides is 1. The average Bonchev–Trinajstić information content (AvgIpc) is 2.94. The Labute approximate surface area is 134 Å². The largest absolute Gasteiger partial charge is 0.245 e. The van der Waals surface area contributed by atoms with Gasteiger partial charge in [0, 0.05) is 11.3 Å². The fraction of sp³-hybridized carbons (Fsp3) is 0.333. The molecule has 0 unspecified atom stereocenters. The monoisotopic (exact) mass is 335 g/mol. The summed E-state index contributed by atoms with van der Waals surface area (Å²) in [6, 6.07) is 8.60. The predicted octanol–water partition coefficient (Wildman–Crippen LogP) is 2.76. The maximum atomic E-state index is 12.1. The van der Waals surface area contributed by atoms with Gasteiger partial charge in [-0.15, -0.1) is 11.3 Å². The molecule has 0 fully saturated rings. The number of hydrogen-bond acceptors (Lipinski definition) is 5. The van der Waals surface area contributed by atoms with Crippen LogP contribution in [-0.4, -0.2) is 13.4 Å². The van der Waals surface area contributed by atoms with Gasteiger partial charge in [-0.2, -0.15) is 5.26 Å². The van der Waals surface area contributed by atoms with Crippen LogP contribution in [-0.2, 0) is 22.3 Å². The van der Waals surface area contributed by atoms with Gasteiger partial charge in [0.15, 0.2) is 0 Å². The highest BCUT2D eigenvalue weighted by Gasteiger charge is 2.13. The molecule has 0 aliphatic carbocycles. The number of hydrogen-bond donors (Lipinski definition) is 1. The van der Waals surface area contributed by atoms with E-state index in [1.165, 1.54) is 11.3 Å².